The van der Waals surface area contributed by atoms with E-state index in [-0.39, 0.29) is 0 Å². The van der Waals surface area contributed by atoms with Crippen LogP contribution in [0.3, 0.4) is 0 Å². The molecule has 1 heterocycles. The average Bonchev–Trinajstić information content (AvgIpc) is 3.51. The first-order valence-electron chi connectivity index (χ1n) is 13.8. The quantitative estimate of drug-likeness (QED) is 0.225. The summed E-state index contributed by atoms with van der Waals surface area (Å²) >= 11 is 0. The van der Waals surface area contributed by atoms with Gasteiger partial charge in [-0.1, -0.05) is 97.1 Å². The predicted octanol–water partition coefficient (Wildman–Crippen LogP) is 9.79. The van der Waals surface area contributed by atoms with Crippen LogP contribution in [0.15, 0.2) is 133 Å². The Bertz CT molecular complexity index is 2090. The van der Waals surface area contributed by atoms with Crippen molar-refractivity contribution in [1.29, 1.82) is 0 Å². The molecule has 7 aromatic rings. The van der Waals surface area contributed by atoms with Gasteiger partial charge in [-0.15, -0.1) is 0 Å². The van der Waals surface area contributed by atoms with E-state index in [0.717, 1.165) is 6.42 Å². The molecule has 1 unspecified atom stereocenters. The van der Waals surface area contributed by atoms with Gasteiger partial charge >= 0.3 is 0 Å². The summed E-state index contributed by atoms with van der Waals surface area (Å²) in [6, 6.07) is 49.4. The Labute approximate surface area is 227 Å². The lowest BCUT2D eigenvalue weighted by Gasteiger charge is -2.26. The molecule has 1 nitrogen and oxygen atoms in total. The van der Waals surface area contributed by atoms with E-state index in [4.69, 9.17) is 0 Å². The van der Waals surface area contributed by atoms with Crippen LogP contribution < -0.4 is 0 Å². The van der Waals surface area contributed by atoms with Gasteiger partial charge < -0.3 is 4.57 Å². The van der Waals surface area contributed by atoms with Crippen LogP contribution in [-0.2, 0) is 6.42 Å². The van der Waals surface area contributed by atoms with E-state index in [0.29, 0.717) is 5.92 Å². The third-order valence-corrected chi connectivity index (χ3v) is 8.93. The van der Waals surface area contributed by atoms with Crippen LogP contribution in [0.25, 0.3) is 60.9 Å². The highest BCUT2D eigenvalue weighted by atomic mass is 15.0. The van der Waals surface area contributed by atoms with Crippen molar-refractivity contribution >= 4 is 21.8 Å². The molecule has 182 valence electrons. The smallest absolute Gasteiger partial charge is 0.0541 e. The van der Waals surface area contributed by atoms with Gasteiger partial charge in [0, 0.05) is 22.4 Å². The molecule has 0 aliphatic heterocycles. The molecule has 0 bridgehead atoms. The second kappa shape index (κ2) is 7.82. The molecule has 0 N–H and O–H groups in total. The van der Waals surface area contributed by atoms with Gasteiger partial charge in [-0.25, -0.2) is 0 Å². The summed E-state index contributed by atoms with van der Waals surface area (Å²) in [7, 11) is 0. The van der Waals surface area contributed by atoms with Gasteiger partial charge in [0.1, 0.15) is 0 Å². The zero-order valence-corrected chi connectivity index (χ0v) is 21.4. The number of aromatic nitrogens is 1. The van der Waals surface area contributed by atoms with E-state index in [1.54, 1.807) is 0 Å². The Morgan fingerprint density at radius 3 is 2.10 bits per heavy atom. The Morgan fingerprint density at radius 1 is 0.487 bits per heavy atom. The Hall–Kier alpha value is -4.88. The Kier molecular flexibility index (Phi) is 4.23. The molecule has 39 heavy (non-hydrogen) atoms. The zero-order chi connectivity index (χ0) is 25.5. The number of para-hydroxylation sites is 2. The SMILES string of the molecule is c1ccc(-n2c3ccccc3c3cc(-c4ccc5c(c4)-c4cccc6c4C(C5)c4ccccc4-6)ccc32)cc1. The third-order valence-electron chi connectivity index (χ3n) is 8.93. The average molecular weight is 496 g/mol. The van der Waals surface area contributed by atoms with Crippen LogP contribution in [0.5, 0.6) is 0 Å². The fourth-order valence-electron chi connectivity index (χ4n) is 7.24. The highest BCUT2D eigenvalue weighted by Crippen LogP contribution is 2.54. The summed E-state index contributed by atoms with van der Waals surface area (Å²) < 4.78 is 2.38. The van der Waals surface area contributed by atoms with Gasteiger partial charge in [0.2, 0.25) is 0 Å². The molecule has 6 aromatic carbocycles. The monoisotopic (exact) mass is 495 g/mol. The van der Waals surface area contributed by atoms with Crippen LogP contribution >= 0.6 is 0 Å². The number of benzene rings is 6. The molecule has 0 spiro atoms. The first-order chi connectivity index (χ1) is 19.3. The van der Waals surface area contributed by atoms with Crippen molar-refractivity contribution in [2.24, 2.45) is 0 Å². The van der Waals surface area contributed by atoms with E-state index in [9.17, 15) is 0 Å². The maximum absolute atomic E-state index is 2.43. The molecule has 2 aliphatic rings. The lowest BCUT2D eigenvalue weighted by atomic mass is 9.77. The molecule has 0 saturated carbocycles. The Balaban J connectivity index is 1.22. The molecule has 2 aliphatic carbocycles. The van der Waals surface area contributed by atoms with Crippen LogP contribution in [0, 0.1) is 0 Å². The highest BCUT2D eigenvalue weighted by Gasteiger charge is 2.34. The molecular formula is C38H25N. The summed E-state index contributed by atoms with van der Waals surface area (Å²) in [6.07, 6.45) is 1.07. The summed E-state index contributed by atoms with van der Waals surface area (Å²) in [5.74, 6) is 0.464. The van der Waals surface area contributed by atoms with Crippen molar-refractivity contribution in [3.05, 3.63) is 150 Å². The minimum absolute atomic E-state index is 0.464. The number of hydrogen-bond acceptors (Lipinski definition) is 0. The highest BCUT2D eigenvalue weighted by molar-refractivity contribution is 6.10. The van der Waals surface area contributed by atoms with Crippen molar-refractivity contribution < 1.29 is 0 Å². The number of rotatable bonds is 2. The van der Waals surface area contributed by atoms with Crippen LogP contribution in [0.4, 0.5) is 0 Å². The normalized spacial score (nSPS) is 14.8. The number of hydrogen-bond donors (Lipinski definition) is 0. The van der Waals surface area contributed by atoms with Crippen molar-refractivity contribution in [2.45, 2.75) is 12.3 Å². The van der Waals surface area contributed by atoms with Gasteiger partial charge in [-0.05, 0) is 92.9 Å². The fourth-order valence-corrected chi connectivity index (χ4v) is 7.24. The van der Waals surface area contributed by atoms with Crippen LogP contribution in [-0.4, -0.2) is 4.57 Å². The van der Waals surface area contributed by atoms with E-state index < -0.39 is 0 Å². The van der Waals surface area contributed by atoms with Crippen molar-refractivity contribution in [1.82, 2.24) is 4.57 Å². The standard InChI is InChI=1S/C38H25N/c1-2-9-27(10-3-1)39-36-16-7-6-13-30(36)34-22-25(19-20-37(34)39)24-17-18-26-23-35-29-12-5-4-11-28(29)31-14-8-15-32(38(31)35)33(26)21-24/h1-22,35H,23H2. The molecule has 1 atom stereocenters. The largest absolute Gasteiger partial charge is 0.309 e. The van der Waals surface area contributed by atoms with Crippen molar-refractivity contribution in [3.63, 3.8) is 0 Å². The van der Waals surface area contributed by atoms with Crippen molar-refractivity contribution in [2.75, 3.05) is 0 Å². The molecule has 9 rings (SSSR count). The molecule has 0 fully saturated rings. The van der Waals surface area contributed by atoms with Gasteiger partial charge in [-0.2, -0.15) is 0 Å². The van der Waals surface area contributed by atoms with Gasteiger partial charge in [-0.3, -0.25) is 0 Å². The van der Waals surface area contributed by atoms with E-state index in [1.807, 2.05) is 0 Å². The van der Waals surface area contributed by atoms with E-state index >= 15 is 0 Å². The second-order valence-corrected chi connectivity index (χ2v) is 10.9. The summed E-state index contributed by atoms with van der Waals surface area (Å²) in [5, 5.41) is 2.58. The predicted molar refractivity (Wildman–Crippen MR) is 163 cm³/mol. The first kappa shape index (κ1) is 21.1. The molecular weight excluding hydrogens is 470 g/mol. The fraction of sp³-hybridized carbons (Fsp3) is 0.0526. The summed E-state index contributed by atoms with van der Waals surface area (Å²) in [5.41, 5.74) is 16.3. The molecule has 0 amide bonds. The molecule has 1 aromatic heterocycles. The second-order valence-electron chi connectivity index (χ2n) is 10.9. The lowest BCUT2D eigenvalue weighted by molar-refractivity contribution is 0.815. The minimum atomic E-state index is 0.464. The molecule has 0 saturated heterocycles. The molecule has 1 heteroatoms. The van der Waals surface area contributed by atoms with Gasteiger partial charge in [0.15, 0.2) is 0 Å². The van der Waals surface area contributed by atoms with Crippen molar-refractivity contribution in [3.8, 4) is 39.1 Å². The number of fused-ring (bicyclic) bond motifs is 8. The third kappa shape index (κ3) is 2.90. The minimum Gasteiger partial charge on any atom is -0.309 e. The summed E-state index contributed by atoms with van der Waals surface area (Å²) in [4.78, 5) is 0. The lowest BCUT2D eigenvalue weighted by Crippen LogP contribution is -2.09. The zero-order valence-electron chi connectivity index (χ0n) is 21.4. The van der Waals surface area contributed by atoms with Crippen LogP contribution in [0.1, 0.15) is 22.6 Å². The topological polar surface area (TPSA) is 4.93 Å². The van der Waals surface area contributed by atoms with Crippen LogP contribution in [0.2, 0.25) is 0 Å². The first-order valence-corrected chi connectivity index (χ1v) is 13.8. The Morgan fingerprint density at radius 2 is 1.18 bits per heavy atom. The van der Waals surface area contributed by atoms with E-state index in [1.165, 1.54) is 77.6 Å². The maximum Gasteiger partial charge on any atom is 0.0541 e. The number of nitrogens with zero attached hydrogens (tertiary/aromatic N) is 1. The molecule has 0 radical (unpaired) electrons. The van der Waals surface area contributed by atoms with Gasteiger partial charge in [0.25, 0.3) is 0 Å². The van der Waals surface area contributed by atoms with E-state index in [2.05, 4.69) is 138 Å². The maximum atomic E-state index is 2.43. The van der Waals surface area contributed by atoms with Gasteiger partial charge in [0.05, 0.1) is 11.0 Å². The summed E-state index contributed by atoms with van der Waals surface area (Å²) in [6.45, 7) is 0.